The highest BCUT2D eigenvalue weighted by molar-refractivity contribution is 4.81. The van der Waals surface area contributed by atoms with Crippen LogP contribution in [0.5, 0.6) is 0 Å². The summed E-state index contributed by atoms with van der Waals surface area (Å²) in [5.41, 5.74) is 0. The summed E-state index contributed by atoms with van der Waals surface area (Å²) in [6.45, 7) is 2.65. The molecule has 22 heavy (non-hydrogen) atoms. The second-order valence-electron chi connectivity index (χ2n) is 6.72. The highest BCUT2D eigenvalue weighted by Gasteiger charge is 1.92. The van der Waals surface area contributed by atoms with E-state index in [2.05, 4.69) is 19.1 Å². The Labute approximate surface area is 140 Å². The lowest BCUT2D eigenvalue weighted by molar-refractivity contribution is 0.282. The zero-order valence-corrected chi connectivity index (χ0v) is 15.3. The van der Waals surface area contributed by atoms with Crippen LogP contribution in [0.1, 0.15) is 116 Å². The Balaban J connectivity index is 3.01. The normalized spacial score (nSPS) is 11.5. The highest BCUT2D eigenvalue weighted by Crippen LogP contribution is 2.12. The molecular weight excluding hydrogens is 268 g/mol. The van der Waals surface area contributed by atoms with E-state index in [-0.39, 0.29) is 0 Å². The maximum atomic E-state index is 8.70. The molecule has 1 nitrogen and oxygen atoms in total. The van der Waals surface area contributed by atoms with Crippen LogP contribution < -0.4 is 0 Å². The standard InChI is InChI=1S/C21H42O/c1-2-3-4-5-6-7-8-9-10-11-12-13-14-15-16-17-18-19-20-21-22/h8-9,22H,2-7,10-21H2,1H3. The van der Waals surface area contributed by atoms with E-state index < -0.39 is 0 Å². The topological polar surface area (TPSA) is 20.2 Å². The largest absolute Gasteiger partial charge is 0.396 e. The van der Waals surface area contributed by atoms with Crippen LogP contribution >= 0.6 is 0 Å². The molecule has 0 unspecified atom stereocenters. The Hall–Kier alpha value is -0.300. The quantitative estimate of drug-likeness (QED) is 0.210. The third-order valence-electron chi connectivity index (χ3n) is 4.42. The molecule has 0 heterocycles. The molecule has 0 bridgehead atoms. The second kappa shape index (κ2) is 20.7. The van der Waals surface area contributed by atoms with Crippen LogP contribution in [0.4, 0.5) is 0 Å². The smallest absolute Gasteiger partial charge is 0.0431 e. The zero-order valence-electron chi connectivity index (χ0n) is 15.3. The molecular formula is C21H42O. The minimum absolute atomic E-state index is 0.368. The van der Waals surface area contributed by atoms with Crippen molar-refractivity contribution in [2.75, 3.05) is 6.61 Å². The van der Waals surface area contributed by atoms with E-state index in [4.69, 9.17) is 5.11 Å². The molecule has 0 radical (unpaired) electrons. The molecule has 0 aliphatic rings. The number of allylic oxidation sites excluding steroid dienone is 2. The van der Waals surface area contributed by atoms with Gasteiger partial charge in [0.15, 0.2) is 0 Å². The van der Waals surface area contributed by atoms with Gasteiger partial charge in [0.1, 0.15) is 0 Å². The van der Waals surface area contributed by atoms with Crippen molar-refractivity contribution in [3.8, 4) is 0 Å². The molecule has 0 aliphatic carbocycles. The van der Waals surface area contributed by atoms with Crippen LogP contribution in [0.15, 0.2) is 12.2 Å². The van der Waals surface area contributed by atoms with E-state index in [9.17, 15) is 0 Å². The maximum absolute atomic E-state index is 8.70. The Kier molecular flexibility index (Phi) is 20.4. The summed E-state index contributed by atoms with van der Waals surface area (Å²) in [7, 11) is 0. The number of aliphatic hydroxyl groups excluding tert-OH is 1. The van der Waals surface area contributed by atoms with E-state index in [1.807, 2.05) is 0 Å². The Morgan fingerprint density at radius 2 is 0.864 bits per heavy atom. The third kappa shape index (κ3) is 19.7. The third-order valence-corrected chi connectivity index (χ3v) is 4.42. The molecule has 0 rings (SSSR count). The molecule has 132 valence electrons. The van der Waals surface area contributed by atoms with Crippen LogP contribution in [0, 0.1) is 0 Å². The van der Waals surface area contributed by atoms with Gasteiger partial charge in [-0.3, -0.25) is 0 Å². The molecule has 0 amide bonds. The van der Waals surface area contributed by atoms with Gasteiger partial charge in [0, 0.05) is 6.61 Å². The minimum atomic E-state index is 0.368. The lowest BCUT2D eigenvalue weighted by Gasteiger charge is -2.01. The van der Waals surface area contributed by atoms with Gasteiger partial charge in [-0.2, -0.15) is 0 Å². The van der Waals surface area contributed by atoms with Crippen molar-refractivity contribution >= 4 is 0 Å². The van der Waals surface area contributed by atoms with E-state index in [1.165, 1.54) is 103 Å². The van der Waals surface area contributed by atoms with Crippen molar-refractivity contribution in [3.63, 3.8) is 0 Å². The maximum Gasteiger partial charge on any atom is 0.0431 e. The summed E-state index contributed by atoms with van der Waals surface area (Å²) < 4.78 is 0. The Morgan fingerprint density at radius 1 is 0.500 bits per heavy atom. The molecule has 0 saturated carbocycles. The van der Waals surface area contributed by atoms with Crippen LogP contribution in [0.2, 0.25) is 0 Å². The molecule has 1 N–H and O–H groups in total. The van der Waals surface area contributed by atoms with Crippen molar-refractivity contribution < 1.29 is 5.11 Å². The van der Waals surface area contributed by atoms with Crippen LogP contribution in [0.3, 0.4) is 0 Å². The fourth-order valence-corrected chi connectivity index (χ4v) is 2.89. The van der Waals surface area contributed by atoms with Crippen LogP contribution in [0.25, 0.3) is 0 Å². The SMILES string of the molecule is CCCCCCCC=CCCCCCCCCCCCCO. The molecule has 0 aromatic rings. The second-order valence-corrected chi connectivity index (χ2v) is 6.72. The average Bonchev–Trinajstić information content (AvgIpc) is 2.54. The van der Waals surface area contributed by atoms with Crippen molar-refractivity contribution in [1.82, 2.24) is 0 Å². The summed E-state index contributed by atoms with van der Waals surface area (Å²) in [6, 6.07) is 0. The first kappa shape index (κ1) is 21.7. The Morgan fingerprint density at radius 3 is 1.27 bits per heavy atom. The molecule has 0 aromatic heterocycles. The molecule has 0 atom stereocenters. The summed E-state index contributed by atoms with van der Waals surface area (Å²) >= 11 is 0. The van der Waals surface area contributed by atoms with Gasteiger partial charge in [0.2, 0.25) is 0 Å². The minimum Gasteiger partial charge on any atom is -0.396 e. The number of unbranched alkanes of at least 4 members (excludes halogenated alkanes) is 15. The number of hydrogen-bond donors (Lipinski definition) is 1. The van der Waals surface area contributed by atoms with Gasteiger partial charge in [0.05, 0.1) is 0 Å². The van der Waals surface area contributed by atoms with Crippen molar-refractivity contribution in [3.05, 3.63) is 12.2 Å². The summed E-state index contributed by atoms with van der Waals surface area (Å²) in [6.07, 6.45) is 27.7. The molecule has 1 heteroatoms. The van der Waals surface area contributed by atoms with Gasteiger partial charge in [-0.1, -0.05) is 96.1 Å². The van der Waals surface area contributed by atoms with Gasteiger partial charge in [-0.25, -0.2) is 0 Å². The fraction of sp³-hybridized carbons (Fsp3) is 0.905. The summed E-state index contributed by atoms with van der Waals surface area (Å²) in [5.74, 6) is 0. The van der Waals surface area contributed by atoms with Crippen molar-refractivity contribution in [2.24, 2.45) is 0 Å². The molecule has 0 aliphatic heterocycles. The van der Waals surface area contributed by atoms with E-state index in [0.717, 1.165) is 6.42 Å². The summed E-state index contributed by atoms with van der Waals surface area (Å²) in [4.78, 5) is 0. The number of hydrogen-bond acceptors (Lipinski definition) is 1. The average molecular weight is 311 g/mol. The predicted octanol–water partition coefficient (Wildman–Crippen LogP) is 7.19. The summed E-state index contributed by atoms with van der Waals surface area (Å²) in [5, 5.41) is 8.70. The van der Waals surface area contributed by atoms with Gasteiger partial charge in [-0.05, 0) is 32.1 Å². The van der Waals surface area contributed by atoms with Crippen LogP contribution in [-0.2, 0) is 0 Å². The monoisotopic (exact) mass is 310 g/mol. The zero-order chi connectivity index (χ0) is 16.1. The number of rotatable bonds is 18. The van der Waals surface area contributed by atoms with Gasteiger partial charge < -0.3 is 5.11 Å². The number of aliphatic hydroxyl groups is 1. The fourth-order valence-electron chi connectivity index (χ4n) is 2.89. The van der Waals surface area contributed by atoms with Crippen molar-refractivity contribution in [1.29, 1.82) is 0 Å². The van der Waals surface area contributed by atoms with Gasteiger partial charge >= 0.3 is 0 Å². The predicted molar refractivity (Wildman–Crippen MR) is 100 cm³/mol. The molecule has 0 aromatic carbocycles. The lowest BCUT2D eigenvalue weighted by atomic mass is 10.1. The van der Waals surface area contributed by atoms with Crippen molar-refractivity contribution in [2.45, 2.75) is 116 Å². The van der Waals surface area contributed by atoms with E-state index in [1.54, 1.807) is 0 Å². The first-order chi connectivity index (χ1) is 10.9. The first-order valence-corrected chi connectivity index (χ1v) is 10.2. The highest BCUT2D eigenvalue weighted by atomic mass is 16.2. The van der Waals surface area contributed by atoms with Crippen LogP contribution in [-0.4, -0.2) is 11.7 Å². The molecule has 0 fully saturated rings. The first-order valence-electron chi connectivity index (χ1n) is 10.2. The molecule has 0 saturated heterocycles. The van der Waals surface area contributed by atoms with Gasteiger partial charge in [-0.15, -0.1) is 0 Å². The Bertz CT molecular complexity index is 210. The lowest BCUT2D eigenvalue weighted by Crippen LogP contribution is -1.84. The van der Waals surface area contributed by atoms with Gasteiger partial charge in [0.25, 0.3) is 0 Å². The molecule has 0 spiro atoms. The van der Waals surface area contributed by atoms with E-state index >= 15 is 0 Å². The van der Waals surface area contributed by atoms with E-state index in [0.29, 0.717) is 6.61 Å².